The molecule has 0 saturated carbocycles. The van der Waals surface area contributed by atoms with Gasteiger partial charge in [0.25, 0.3) is 11.6 Å². The minimum Gasteiger partial charge on any atom is -0.616 e. The standard InChI is InChI=1S/C22H30N2O5/c1-16(2)13-19-21(29-14-17-9-5-4-6-10-17)23-18(22(26-3)24(19)25)15-28-20-11-7-8-12-27-20/h4-6,9-10,16,20H,7-8,11-15H2,1-3H3. The predicted molar refractivity (Wildman–Crippen MR) is 107 cm³/mol. The molecule has 2 aromatic rings. The van der Waals surface area contributed by atoms with Gasteiger partial charge >= 0.3 is 5.88 Å². The zero-order valence-electron chi connectivity index (χ0n) is 17.4. The first-order valence-corrected chi connectivity index (χ1v) is 10.2. The smallest absolute Gasteiger partial charge is 0.404 e. The van der Waals surface area contributed by atoms with Gasteiger partial charge in [-0.3, -0.25) is 0 Å². The highest BCUT2D eigenvalue weighted by molar-refractivity contribution is 5.24. The predicted octanol–water partition coefficient (Wildman–Crippen LogP) is 3.54. The zero-order chi connectivity index (χ0) is 20.6. The lowest BCUT2D eigenvalue weighted by Crippen LogP contribution is -2.37. The maximum Gasteiger partial charge on any atom is 0.404 e. The molecular weight excluding hydrogens is 372 g/mol. The van der Waals surface area contributed by atoms with Gasteiger partial charge in [-0.15, -0.1) is 4.73 Å². The number of rotatable bonds is 9. The lowest BCUT2D eigenvalue weighted by molar-refractivity contribution is -0.622. The highest BCUT2D eigenvalue weighted by atomic mass is 16.7. The number of hydrogen-bond donors (Lipinski definition) is 0. The maximum absolute atomic E-state index is 13.0. The van der Waals surface area contributed by atoms with Crippen LogP contribution in [0.5, 0.6) is 11.8 Å². The second kappa shape index (κ2) is 10.4. The van der Waals surface area contributed by atoms with Crippen LogP contribution >= 0.6 is 0 Å². The molecular formula is C22H30N2O5. The molecule has 1 unspecified atom stereocenters. The molecule has 1 fully saturated rings. The fourth-order valence-electron chi connectivity index (χ4n) is 3.27. The topological polar surface area (TPSA) is 76.8 Å². The first kappa shape index (κ1) is 21.3. The van der Waals surface area contributed by atoms with Crippen molar-refractivity contribution in [2.75, 3.05) is 13.7 Å². The van der Waals surface area contributed by atoms with Gasteiger partial charge in [-0.05, 0) is 30.7 Å². The summed E-state index contributed by atoms with van der Waals surface area (Å²) in [5.41, 5.74) is 1.88. The second-order valence-electron chi connectivity index (χ2n) is 7.59. The molecule has 1 aromatic carbocycles. The van der Waals surface area contributed by atoms with E-state index in [-0.39, 0.29) is 24.7 Å². The molecule has 0 aliphatic carbocycles. The molecule has 0 N–H and O–H groups in total. The third-order valence-electron chi connectivity index (χ3n) is 4.72. The minimum atomic E-state index is -0.278. The van der Waals surface area contributed by atoms with Crippen LogP contribution in [0.15, 0.2) is 30.3 Å². The molecule has 0 spiro atoms. The van der Waals surface area contributed by atoms with E-state index >= 15 is 0 Å². The quantitative estimate of drug-likeness (QED) is 0.472. The molecule has 29 heavy (non-hydrogen) atoms. The molecule has 3 rings (SSSR count). The van der Waals surface area contributed by atoms with E-state index in [0.717, 1.165) is 29.6 Å². The van der Waals surface area contributed by atoms with E-state index in [1.807, 2.05) is 44.2 Å². The Morgan fingerprint density at radius 2 is 2.00 bits per heavy atom. The molecule has 1 saturated heterocycles. The third kappa shape index (κ3) is 5.81. The zero-order valence-corrected chi connectivity index (χ0v) is 17.4. The van der Waals surface area contributed by atoms with Gasteiger partial charge in [-0.25, -0.2) is 0 Å². The van der Waals surface area contributed by atoms with Crippen molar-refractivity contribution in [3.8, 4) is 11.8 Å². The van der Waals surface area contributed by atoms with E-state index in [1.54, 1.807) is 0 Å². The number of aromatic nitrogens is 2. The van der Waals surface area contributed by atoms with Crippen molar-refractivity contribution in [2.45, 2.75) is 59.0 Å². The minimum absolute atomic E-state index is 0.125. The molecule has 0 radical (unpaired) electrons. The molecule has 7 nitrogen and oxygen atoms in total. The molecule has 1 aliphatic heterocycles. The SMILES string of the molecule is COc1c(COC2CCCCO2)nc(OCc2ccccc2)c(CC(C)C)[n+]1[O-]. The van der Waals surface area contributed by atoms with Crippen molar-refractivity contribution >= 4 is 0 Å². The average Bonchev–Trinajstić information content (AvgIpc) is 2.74. The van der Waals surface area contributed by atoms with E-state index in [0.29, 0.717) is 36.9 Å². The van der Waals surface area contributed by atoms with E-state index in [4.69, 9.17) is 18.9 Å². The van der Waals surface area contributed by atoms with Crippen LogP contribution in [0.3, 0.4) is 0 Å². The Bertz CT molecular complexity index is 777. The molecule has 1 atom stereocenters. The van der Waals surface area contributed by atoms with Gasteiger partial charge in [-0.1, -0.05) is 44.2 Å². The maximum atomic E-state index is 13.0. The van der Waals surface area contributed by atoms with Crippen LogP contribution in [0, 0.1) is 11.1 Å². The van der Waals surface area contributed by atoms with Crippen molar-refractivity contribution in [1.82, 2.24) is 4.98 Å². The molecule has 2 heterocycles. The molecule has 0 amide bonds. The summed E-state index contributed by atoms with van der Waals surface area (Å²) < 4.78 is 23.6. The lowest BCUT2D eigenvalue weighted by atomic mass is 10.1. The van der Waals surface area contributed by atoms with E-state index < -0.39 is 0 Å². The Labute approximate surface area is 172 Å². The fraction of sp³-hybridized carbons (Fsp3) is 0.545. The Balaban J connectivity index is 1.84. The Morgan fingerprint density at radius 3 is 2.66 bits per heavy atom. The van der Waals surface area contributed by atoms with Crippen LogP contribution in [0.4, 0.5) is 0 Å². The van der Waals surface area contributed by atoms with Gasteiger partial charge in [0.2, 0.25) is 0 Å². The van der Waals surface area contributed by atoms with Gasteiger partial charge in [0.05, 0.1) is 7.11 Å². The Hall–Kier alpha value is -2.38. The molecule has 158 valence electrons. The number of hydrogen-bond acceptors (Lipinski definition) is 6. The highest BCUT2D eigenvalue weighted by Gasteiger charge is 2.28. The summed E-state index contributed by atoms with van der Waals surface area (Å²) in [7, 11) is 1.47. The van der Waals surface area contributed by atoms with E-state index in [9.17, 15) is 5.21 Å². The van der Waals surface area contributed by atoms with Crippen molar-refractivity contribution in [3.63, 3.8) is 0 Å². The number of methoxy groups -OCH3 is 1. The van der Waals surface area contributed by atoms with Gasteiger partial charge in [0, 0.05) is 13.0 Å². The highest BCUT2D eigenvalue weighted by Crippen LogP contribution is 2.25. The van der Waals surface area contributed by atoms with Crippen LogP contribution in [0.1, 0.15) is 50.1 Å². The fourth-order valence-corrected chi connectivity index (χ4v) is 3.27. The van der Waals surface area contributed by atoms with Crippen LogP contribution in [0.2, 0.25) is 0 Å². The monoisotopic (exact) mass is 402 g/mol. The molecule has 0 bridgehead atoms. The van der Waals surface area contributed by atoms with Crippen LogP contribution < -0.4 is 14.2 Å². The first-order chi connectivity index (χ1) is 14.1. The summed E-state index contributed by atoms with van der Waals surface area (Å²) in [6.45, 7) is 5.24. The second-order valence-corrected chi connectivity index (χ2v) is 7.59. The largest absolute Gasteiger partial charge is 0.616 e. The number of nitrogens with zero attached hydrogens (tertiary/aromatic N) is 2. The molecule has 7 heteroatoms. The van der Waals surface area contributed by atoms with Crippen LogP contribution in [-0.4, -0.2) is 25.0 Å². The van der Waals surface area contributed by atoms with Crippen molar-refractivity contribution < 1.29 is 23.7 Å². The van der Waals surface area contributed by atoms with Crippen molar-refractivity contribution in [1.29, 1.82) is 0 Å². The summed E-state index contributed by atoms with van der Waals surface area (Å²) >= 11 is 0. The van der Waals surface area contributed by atoms with Crippen LogP contribution in [-0.2, 0) is 29.1 Å². The van der Waals surface area contributed by atoms with Gasteiger partial charge in [-0.2, -0.15) is 4.98 Å². The average molecular weight is 402 g/mol. The summed E-state index contributed by atoms with van der Waals surface area (Å²) in [6, 6.07) is 9.80. The van der Waals surface area contributed by atoms with Crippen molar-refractivity contribution in [3.05, 3.63) is 52.5 Å². The molecule has 1 aromatic heterocycles. The normalized spacial score (nSPS) is 16.8. The van der Waals surface area contributed by atoms with Gasteiger partial charge in [0.15, 0.2) is 12.0 Å². The number of ether oxygens (including phenoxy) is 4. The van der Waals surface area contributed by atoms with Crippen LogP contribution in [0.25, 0.3) is 0 Å². The lowest BCUT2D eigenvalue weighted by Gasteiger charge is -2.23. The van der Waals surface area contributed by atoms with Gasteiger partial charge < -0.3 is 24.2 Å². The third-order valence-corrected chi connectivity index (χ3v) is 4.72. The van der Waals surface area contributed by atoms with Gasteiger partial charge in [0.1, 0.15) is 13.2 Å². The van der Waals surface area contributed by atoms with Crippen molar-refractivity contribution in [2.24, 2.45) is 5.92 Å². The first-order valence-electron chi connectivity index (χ1n) is 10.2. The van der Waals surface area contributed by atoms with E-state index in [2.05, 4.69) is 4.98 Å². The summed E-state index contributed by atoms with van der Waals surface area (Å²) in [5.74, 6) is 0.726. The summed E-state index contributed by atoms with van der Waals surface area (Å²) in [6.07, 6.45) is 3.20. The Kier molecular flexibility index (Phi) is 7.66. The van der Waals surface area contributed by atoms with E-state index in [1.165, 1.54) is 7.11 Å². The number of benzene rings is 1. The molecule has 1 aliphatic rings. The summed E-state index contributed by atoms with van der Waals surface area (Å²) in [5, 5.41) is 13.0. The Morgan fingerprint density at radius 1 is 1.21 bits per heavy atom. The summed E-state index contributed by atoms with van der Waals surface area (Å²) in [4.78, 5) is 4.61.